The van der Waals surface area contributed by atoms with E-state index in [2.05, 4.69) is 15.5 Å². The molecule has 0 saturated carbocycles. The number of halogens is 1. The van der Waals surface area contributed by atoms with Crippen molar-refractivity contribution in [1.82, 2.24) is 24.9 Å². The number of hydrogen-bond acceptors (Lipinski definition) is 3. The summed E-state index contributed by atoms with van der Waals surface area (Å²) in [4.78, 5) is 11.8. The quantitative estimate of drug-likeness (QED) is 0.823. The lowest BCUT2D eigenvalue weighted by Crippen LogP contribution is -2.29. The van der Waals surface area contributed by atoms with Gasteiger partial charge in [-0.25, -0.2) is 0 Å². The highest BCUT2D eigenvalue weighted by Gasteiger charge is 2.08. The number of aryl methyl sites for hydroxylation is 2. The maximum Gasteiger partial charge on any atom is 0.241 e. The predicted octanol–water partition coefficient (Wildman–Crippen LogP) is 1.56. The van der Waals surface area contributed by atoms with Crippen molar-refractivity contribution in [3.8, 4) is 0 Å². The molecule has 0 bridgehead atoms. The van der Waals surface area contributed by atoms with Gasteiger partial charge in [0.15, 0.2) is 0 Å². The van der Waals surface area contributed by atoms with Crippen LogP contribution in [0.1, 0.15) is 17.8 Å². The SMILES string of the molecule is Cc1ccnn1CCCNC(=O)Cn1ncc(Cl)c1C. The van der Waals surface area contributed by atoms with Crippen molar-refractivity contribution in [2.75, 3.05) is 6.54 Å². The molecule has 2 aromatic heterocycles. The highest BCUT2D eigenvalue weighted by atomic mass is 35.5. The van der Waals surface area contributed by atoms with E-state index in [9.17, 15) is 4.79 Å². The number of hydrogen-bond donors (Lipinski definition) is 1. The zero-order chi connectivity index (χ0) is 14.5. The van der Waals surface area contributed by atoms with Crippen LogP contribution in [0.15, 0.2) is 18.5 Å². The van der Waals surface area contributed by atoms with Gasteiger partial charge in [-0.1, -0.05) is 11.6 Å². The van der Waals surface area contributed by atoms with Gasteiger partial charge in [0.2, 0.25) is 5.91 Å². The zero-order valence-corrected chi connectivity index (χ0v) is 12.4. The van der Waals surface area contributed by atoms with Crippen LogP contribution in [0, 0.1) is 13.8 Å². The minimum atomic E-state index is -0.0648. The molecule has 6 nitrogen and oxygen atoms in total. The van der Waals surface area contributed by atoms with E-state index in [-0.39, 0.29) is 12.5 Å². The van der Waals surface area contributed by atoms with Crippen molar-refractivity contribution >= 4 is 17.5 Å². The maximum absolute atomic E-state index is 11.8. The molecule has 2 rings (SSSR count). The first kappa shape index (κ1) is 14.6. The fraction of sp³-hybridized carbons (Fsp3) is 0.462. The standard InChI is InChI=1S/C13H18ClN5O/c1-10-4-6-16-18(10)7-3-5-15-13(20)9-19-11(2)12(14)8-17-19/h4,6,8H,3,5,7,9H2,1-2H3,(H,15,20). The van der Waals surface area contributed by atoms with Gasteiger partial charge in [0.1, 0.15) is 6.54 Å². The van der Waals surface area contributed by atoms with Gasteiger partial charge in [-0.05, 0) is 26.3 Å². The predicted molar refractivity (Wildman–Crippen MR) is 76.6 cm³/mol. The normalized spacial score (nSPS) is 10.8. The average molecular weight is 296 g/mol. The van der Waals surface area contributed by atoms with Crippen molar-refractivity contribution in [1.29, 1.82) is 0 Å². The molecule has 2 aromatic rings. The zero-order valence-electron chi connectivity index (χ0n) is 11.6. The number of rotatable bonds is 6. The lowest BCUT2D eigenvalue weighted by Gasteiger charge is -2.07. The Morgan fingerprint density at radius 2 is 2.15 bits per heavy atom. The molecule has 0 saturated heterocycles. The molecular weight excluding hydrogens is 278 g/mol. The van der Waals surface area contributed by atoms with Crippen LogP contribution in [-0.2, 0) is 17.9 Å². The number of carbonyl (C=O) groups is 1. The Morgan fingerprint density at radius 3 is 2.75 bits per heavy atom. The Bertz CT molecular complexity index is 589. The number of nitrogens with zero attached hydrogens (tertiary/aromatic N) is 4. The summed E-state index contributed by atoms with van der Waals surface area (Å²) in [6.07, 6.45) is 4.16. The fourth-order valence-corrected chi connectivity index (χ4v) is 2.01. The van der Waals surface area contributed by atoms with E-state index in [4.69, 9.17) is 11.6 Å². The average Bonchev–Trinajstić information content (AvgIpc) is 2.96. The highest BCUT2D eigenvalue weighted by Crippen LogP contribution is 2.12. The maximum atomic E-state index is 11.8. The molecular formula is C13H18ClN5O. The Labute approximate surface area is 122 Å². The molecule has 1 amide bonds. The van der Waals surface area contributed by atoms with Gasteiger partial charge in [-0.3, -0.25) is 14.2 Å². The van der Waals surface area contributed by atoms with Crippen LogP contribution in [0.2, 0.25) is 5.02 Å². The van der Waals surface area contributed by atoms with Crippen LogP contribution in [-0.4, -0.2) is 32.0 Å². The van der Waals surface area contributed by atoms with Crippen molar-refractivity contribution in [2.45, 2.75) is 33.4 Å². The molecule has 1 N–H and O–H groups in total. The molecule has 7 heteroatoms. The van der Waals surface area contributed by atoms with Gasteiger partial charge in [0, 0.05) is 25.0 Å². The molecule has 20 heavy (non-hydrogen) atoms. The summed E-state index contributed by atoms with van der Waals surface area (Å²) in [5, 5.41) is 11.7. The Hall–Kier alpha value is -1.82. The topological polar surface area (TPSA) is 64.7 Å². The van der Waals surface area contributed by atoms with Gasteiger partial charge >= 0.3 is 0 Å². The van der Waals surface area contributed by atoms with E-state index in [1.54, 1.807) is 17.1 Å². The molecule has 0 spiro atoms. The van der Waals surface area contributed by atoms with Crippen molar-refractivity contribution in [3.05, 3.63) is 34.9 Å². The second-order valence-corrected chi connectivity index (χ2v) is 5.04. The van der Waals surface area contributed by atoms with Crippen LogP contribution in [0.3, 0.4) is 0 Å². The number of nitrogens with one attached hydrogen (secondary N) is 1. The third-order valence-corrected chi connectivity index (χ3v) is 3.51. The number of aromatic nitrogens is 4. The summed E-state index contributed by atoms with van der Waals surface area (Å²) in [6, 6.07) is 1.96. The molecule has 0 radical (unpaired) electrons. The monoisotopic (exact) mass is 295 g/mol. The van der Waals surface area contributed by atoms with Crippen molar-refractivity contribution < 1.29 is 4.79 Å². The molecule has 0 aliphatic carbocycles. The van der Waals surface area contributed by atoms with Gasteiger partial charge in [-0.2, -0.15) is 10.2 Å². The molecule has 0 atom stereocenters. The van der Waals surface area contributed by atoms with Gasteiger partial charge in [0.25, 0.3) is 0 Å². The van der Waals surface area contributed by atoms with Crippen LogP contribution in [0.4, 0.5) is 0 Å². The Morgan fingerprint density at radius 1 is 1.35 bits per heavy atom. The smallest absolute Gasteiger partial charge is 0.241 e. The lowest BCUT2D eigenvalue weighted by atomic mass is 10.4. The largest absolute Gasteiger partial charge is 0.354 e. The third kappa shape index (κ3) is 3.60. The van der Waals surface area contributed by atoms with E-state index in [1.807, 2.05) is 24.6 Å². The second kappa shape index (κ2) is 6.56. The van der Waals surface area contributed by atoms with Gasteiger partial charge < -0.3 is 5.32 Å². The molecule has 0 aromatic carbocycles. The number of amides is 1. The van der Waals surface area contributed by atoms with E-state index in [0.717, 1.165) is 24.4 Å². The lowest BCUT2D eigenvalue weighted by molar-refractivity contribution is -0.121. The number of carbonyl (C=O) groups excluding carboxylic acids is 1. The van der Waals surface area contributed by atoms with E-state index >= 15 is 0 Å². The van der Waals surface area contributed by atoms with Crippen LogP contribution in [0.5, 0.6) is 0 Å². The Kier molecular flexibility index (Phi) is 4.79. The summed E-state index contributed by atoms with van der Waals surface area (Å²) < 4.78 is 3.51. The first-order valence-electron chi connectivity index (χ1n) is 6.51. The summed E-state index contributed by atoms with van der Waals surface area (Å²) in [6.45, 7) is 5.45. The van der Waals surface area contributed by atoms with Crippen LogP contribution in [0.25, 0.3) is 0 Å². The van der Waals surface area contributed by atoms with Gasteiger partial charge in [-0.15, -0.1) is 0 Å². The summed E-state index contributed by atoms with van der Waals surface area (Å²) in [7, 11) is 0. The molecule has 108 valence electrons. The fourth-order valence-electron chi connectivity index (χ4n) is 1.86. The molecule has 0 aliphatic heterocycles. The van der Waals surface area contributed by atoms with Crippen LogP contribution < -0.4 is 5.32 Å². The van der Waals surface area contributed by atoms with Crippen LogP contribution >= 0.6 is 11.6 Å². The third-order valence-electron chi connectivity index (χ3n) is 3.13. The van der Waals surface area contributed by atoms with E-state index in [1.165, 1.54) is 0 Å². The van der Waals surface area contributed by atoms with E-state index in [0.29, 0.717) is 11.6 Å². The summed E-state index contributed by atoms with van der Waals surface area (Å²) in [5.74, 6) is -0.0648. The first-order chi connectivity index (χ1) is 9.58. The molecule has 0 aliphatic rings. The summed E-state index contributed by atoms with van der Waals surface area (Å²) >= 11 is 5.89. The molecule has 2 heterocycles. The van der Waals surface area contributed by atoms with Crippen molar-refractivity contribution in [3.63, 3.8) is 0 Å². The second-order valence-electron chi connectivity index (χ2n) is 4.63. The minimum Gasteiger partial charge on any atom is -0.354 e. The summed E-state index contributed by atoms with van der Waals surface area (Å²) in [5.41, 5.74) is 1.92. The molecule has 0 unspecified atom stereocenters. The van der Waals surface area contributed by atoms with E-state index < -0.39 is 0 Å². The minimum absolute atomic E-state index is 0.0648. The highest BCUT2D eigenvalue weighted by molar-refractivity contribution is 6.31. The Balaban J connectivity index is 1.70. The first-order valence-corrected chi connectivity index (χ1v) is 6.88. The van der Waals surface area contributed by atoms with Crippen molar-refractivity contribution in [2.24, 2.45) is 0 Å². The molecule has 0 fully saturated rings. The van der Waals surface area contributed by atoms with Gasteiger partial charge in [0.05, 0.1) is 16.9 Å².